The fourth-order valence-corrected chi connectivity index (χ4v) is 3.46. The van der Waals surface area contributed by atoms with E-state index in [1.54, 1.807) is 6.07 Å². The van der Waals surface area contributed by atoms with Crippen LogP contribution in [0.1, 0.15) is 33.7 Å². The summed E-state index contributed by atoms with van der Waals surface area (Å²) in [6.07, 6.45) is 2.81. The van der Waals surface area contributed by atoms with Gasteiger partial charge in [0.05, 0.1) is 11.1 Å². The van der Waals surface area contributed by atoms with Gasteiger partial charge in [-0.2, -0.15) is 0 Å². The number of carbonyl (C=O) groups excluding carboxylic acids is 1. The number of hydrogen-bond acceptors (Lipinski definition) is 3. The van der Waals surface area contributed by atoms with E-state index in [1.807, 2.05) is 37.3 Å². The summed E-state index contributed by atoms with van der Waals surface area (Å²) in [6.45, 7) is 1.90. The standard InChI is InChI=1S/C19H16ClN3O/c1-11-4-2-7-17(21-11)23-19(24)18-13-5-3-6-15(13)22-16-9-8-12(20)10-14(16)18/h2,4,7-10H,3,5-6H2,1H3,(H,21,23,24). The molecule has 0 aliphatic heterocycles. The van der Waals surface area contributed by atoms with Gasteiger partial charge in [-0.3, -0.25) is 9.78 Å². The van der Waals surface area contributed by atoms with Gasteiger partial charge < -0.3 is 5.32 Å². The van der Waals surface area contributed by atoms with Gasteiger partial charge in [0.1, 0.15) is 5.82 Å². The molecule has 0 saturated carbocycles. The maximum atomic E-state index is 13.0. The third kappa shape index (κ3) is 2.63. The fraction of sp³-hybridized carbons (Fsp3) is 0.211. The van der Waals surface area contributed by atoms with Crippen molar-refractivity contribution < 1.29 is 4.79 Å². The van der Waals surface area contributed by atoms with Crippen LogP contribution in [-0.4, -0.2) is 15.9 Å². The van der Waals surface area contributed by atoms with Crippen LogP contribution in [0, 0.1) is 6.92 Å². The van der Waals surface area contributed by atoms with Crippen molar-refractivity contribution in [2.45, 2.75) is 26.2 Å². The molecule has 120 valence electrons. The highest BCUT2D eigenvalue weighted by Crippen LogP contribution is 2.31. The summed E-state index contributed by atoms with van der Waals surface area (Å²) in [5, 5.41) is 4.32. The predicted octanol–water partition coefficient (Wildman–Crippen LogP) is 4.33. The van der Waals surface area contributed by atoms with Crippen molar-refractivity contribution in [3.05, 3.63) is 63.9 Å². The normalized spacial score (nSPS) is 13.1. The Bertz CT molecular complexity index is 968. The Kier molecular flexibility index (Phi) is 3.69. The van der Waals surface area contributed by atoms with Crippen LogP contribution in [-0.2, 0) is 12.8 Å². The zero-order valence-corrected chi connectivity index (χ0v) is 14.0. The van der Waals surface area contributed by atoms with E-state index in [9.17, 15) is 4.79 Å². The summed E-state index contributed by atoms with van der Waals surface area (Å²) in [6, 6.07) is 11.1. The van der Waals surface area contributed by atoms with Crippen LogP contribution >= 0.6 is 11.6 Å². The maximum absolute atomic E-state index is 13.0. The highest BCUT2D eigenvalue weighted by Gasteiger charge is 2.24. The first-order valence-corrected chi connectivity index (χ1v) is 8.35. The number of hydrogen-bond donors (Lipinski definition) is 1. The van der Waals surface area contributed by atoms with Gasteiger partial charge in [-0.05, 0) is 62.1 Å². The van der Waals surface area contributed by atoms with Crippen molar-refractivity contribution in [1.82, 2.24) is 9.97 Å². The number of carbonyl (C=O) groups is 1. The number of anilines is 1. The molecular formula is C19H16ClN3O. The van der Waals surface area contributed by atoms with Gasteiger partial charge in [0, 0.05) is 21.8 Å². The molecule has 1 amide bonds. The van der Waals surface area contributed by atoms with E-state index in [0.717, 1.165) is 47.1 Å². The number of fused-ring (bicyclic) bond motifs is 2. The Hall–Kier alpha value is -2.46. The van der Waals surface area contributed by atoms with Crippen LogP contribution in [0.5, 0.6) is 0 Å². The summed E-state index contributed by atoms with van der Waals surface area (Å²) in [5.41, 5.74) is 4.41. The topological polar surface area (TPSA) is 54.9 Å². The lowest BCUT2D eigenvalue weighted by Crippen LogP contribution is -2.16. The quantitative estimate of drug-likeness (QED) is 0.757. The second-order valence-electron chi connectivity index (χ2n) is 6.05. The van der Waals surface area contributed by atoms with Crippen molar-refractivity contribution in [2.75, 3.05) is 5.32 Å². The Morgan fingerprint density at radius 2 is 2.04 bits per heavy atom. The maximum Gasteiger partial charge on any atom is 0.257 e. The monoisotopic (exact) mass is 337 g/mol. The molecule has 1 aliphatic carbocycles. The van der Waals surface area contributed by atoms with Crippen LogP contribution in [0.4, 0.5) is 5.82 Å². The molecule has 3 aromatic rings. The Labute approximate surface area is 144 Å². The average Bonchev–Trinajstić information content (AvgIpc) is 3.00. The van der Waals surface area contributed by atoms with Gasteiger partial charge in [0.25, 0.3) is 5.91 Å². The van der Waals surface area contributed by atoms with Crippen molar-refractivity contribution >= 4 is 34.2 Å². The zero-order valence-electron chi connectivity index (χ0n) is 13.3. The number of amides is 1. The summed E-state index contributed by atoms with van der Waals surface area (Å²) < 4.78 is 0. The van der Waals surface area contributed by atoms with E-state index in [0.29, 0.717) is 16.4 Å². The van der Waals surface area contributed by atoms with Gasteiger partial charge in [-0.1, -0.05) is 17.7 Å². The lowest BCUT2D eigenvalue weighted by atomic mass is 10.0. The molecule has 1 aliphatic rings. The number of benzene rings is 1. The predicted molar refractivity (Wildman–Crippen MR) is 95.7 cm³/mol. The first-order chi connectivity index (χ1) is 11.6. The van der Waals surface area contributed by atoms with Crippen molar-refractivity contribution in [3.8, 4) is 0 Å². The minimum absolute atomic E-state index is 0.152. The SMILES string of the molecule is Cc1cccc(NC(=O)c2c3c(nc4ccc(Cl)cc24)CCC3)n1. The number of aromatic nitrogens is 2. The van der Waals surface area contributed by atoms with Crippen molar-refractivity contribution in [1.29, 1.82) is 0 Å². The third-order valence-electron chi connectivity index (χ3n) is 4.33. The summed E-state index contributed by atoms with van der Waals surface area (Å²) in [7, 11) is 0. The Morgan fingerprint density at radius 1 is 1.17 bits per heavy atom. The molecule has 5 heteroatoms. The second kappa shape index (κ2) is 5.87. The molecule has 1 N–H and O–H groups in total. The van der Waals surface area contributed by atoms with E-state index in [2.05, 4.69) is 10.3 Å². The smallest absolute Gasteiger partial charge is 0.257 e. The number of nitrogens with zero attached hydrogens (tertiary/aromatic N) is 2. The van der Waals surface area contributed by atoms with Crippen LogP contribution in [0.2, 0.25) is 5.02 Å². The molecule has 0 unspecified atom stereocenters. The second-order valence-corrected chi connectivity index (χ2v) is 6.48. The van der Waals surface area contributed by atoms with Crippen molar-refractivity contribution in [2.24, 2.45) is 0 Å². The molecule has 0 fully saturated rings. The van der Waals surface area contributed by atoms with E-state index >= 15 is 0 Å². The molecule has 2 heterocycles. The molecule has 24 heavy (non-hydrogen) atoms. The molecule has 0 atom stereocenters. The molecule has 2 aromatic heterocycles. The number of pyridine rings is 2. The van der Waals surface area contributed by atoms with Gasteiger partial charge in [-0.15, -0.1) is 0 Å². The largest absolute Gasteiger partial charge is 0.307 e. The highest BCUT2D eigenvalue weighted by atomic mass is 35.5. The van der Waals surface area contributed by atoms with E-state index < -0.39 is 0 Å². The minimum Gasteiger partial charge on any atom is -0.307 e. The lowest BCUT2D eigenvalue weighted by Gasteiger charge is -2.13. The van der Waals surface area contributed by atoms with Crippen molar-refractivity contribution in [3.63, 3.8) is 0 Å². The van der Waals surface area contributed by atoms with Crippen LogP contribution < -0.4 is 5.32 Å². The molecule has 4 nitrogen and oxygen atoms in total. The van der Waals surface area contributed by atoms with Gasteiger partial charge >= 0.3 is 0 Å². The zero-order chi connectivity index (χ0) is 16.7. The van der Waals surface area contributed by atoms with Crippen LogP contribution in [0.15, 0.2) is 36.4 Å². The number of nitrogens with one attached hydrogen (secondary N) is 1. The van der Waals surface area contributed by atoms with Gasteiger partial charge in [0.15, 0.2) is 0 Å². The molecule has 0 spiro atoms. The van der Waals surface area contributed by atoms with E-state index in [-0.39, 0.29) is 5.91 Å². The van der Waals surface area contributed by atoms with Gasteiger partial charge in [0.2, 0.25) is 0 Å². The Balaban J connectivity index is 1.85. The summed E-state index contributed by atoms with van der Waals surface area (Å²) in [5.74, 6) is 0.402. The summed E-state index contributed by atoms with van der Waals surface area (Å²) >= 11 is 6.16. The van der Waals surface area contributed by atoms with Gasteiger partial charge in [-0.25, -0.2) is 4.98 Å². The first kappa shape index (κ1) is 15.1. The molecular weight excluding hydrogens is 322 g/mol. The molecule has 4 rings (SSSR count). The fourth-order valence-electron chi connectivity index (χ4n) is 3.29. The number of aryl methyl sites for hydroxylation is 2. The number of rotatable bonds is 2. The van der Waals surface area contributed by atoms with Crippen LogP contribution in [0.25, 0.3) is 10.9 Å². The van der Waals surface area contributed by atoms with Crippen LogP contribution in [0.3, 0.4) is 0 Å². The average molecular weight is 338 g/mol. The minimum atomic E-state index is -0.152. The third-order valence-corrected chi connectivity index (χ3v) is 4.57. The van der Waals surface area contributed by atoms with E-state index in [1.165, 1.54) is 0 Å². The molecule has 0 bridgehead atoms. The number of halogens is 1. The van der Waals surface area contributed by atoms with E-state index in [4.69, 9.17) is 16.6 Å². The molecule has 0 radical (unpaired) electrons. The Morgan fingerprint density at radius 3 is 2.88 bits per heavy atom. The molecule has 0 saturated heterocycles. The lowest BCUT2D eigenvalue weighted by molar-refractivity contribution is 0.102. The highest BCUT2D eigenvalue weighted by molar-refractivity contribution is 6.31. The summed E-state index contributed by atoms with van der Waals surface area (Å²) in [4.78, 5) is 22.1. The first-order valence-electron chi connectivity index (χ1n) is 7.98. The molecule has 1 aromatic carbocycles.